The summed E-state index contributed by atoms with van der Waals surface area (Å²) in [6.07, 6.45) is 1.28. The smallest absolute Gasteiger partial charge is 0.243 e. The van der Waals surface area contributed by atoms with E-state index >= 15 is 0 Å². The van der Waals surface area contributed by atoms with Crippen molar-refractivity contribution in [1.29, 1.82) is 0 Å². The molecule has 0 fully saturated rings. The fourth-order valence-electron chi connectivity index (χ4n) is 3.86. The first-order valence-electron chi connectivity index (χ1n) is 12.0. The number of benzene rings is 3. The summed E-state index contributed by atoms with van der Waals surface area (Å²) in [4.78, 5) is 28.6. The van der Waals surface area contributed by atoms with Gasteiger partial charge in [-0.15, -0.1) is 11.8 Å². The zero-order valence-electron chi connectivity index (χ0n) is 20.4. The van der Waals surface area contributed by atoms with Crippen LogP contribution in [0.15, 0.2) is 78.9 Å². The molecule has 0 saturated heterocycles. The molecule has 0 spiro atoms. The summed E-state index contributed by atoms with van der Waals surface area (Å²) in [6.45, 7) is 4.99. The molecule has 0 aliphatic carbocycles. The van der Waals surface area contributed by atoms with Gasteiger partial charge in [-0.1, -0.05) is 85.3 Å². The molecule has 0 aliphatic rings. The molecule has 0 aromatic heterocycles. The maximum atomic E-state index is 13.6. The minimum atomic E-state index is -0.616. The predicted molar refractivity (Wildman–Crippen MR) is 147 cm³/mol. The molecule has 2 amide bonds. The summed E-state index contributed by atoms with van der Waals surface area (Å²) in [5.74, 6) is 0.849. The zero-order valence-corrected chi connectivity index (χ0v) is 21.9. The average molecular weight is 509 g/mol. The van der Waals surface area contributed by atoms with Crippen molar-refractivity contribution in [1.82, 2.24) is 10.2 Å². The second-order valence-electron chi connectivity index (χ2n) is 8.57. The van der Waals surface area contributed by atoms with Gasteiger partial charge in [-0.25, -0.2) is 0 Å². The van der Waals surface area contributed by atoms with Crippen molar-refractivity contribution in [2.45, 2.75) is 45.0 Å². The first-order chi connectivity index (χ1) is 17.0. The molecular weight excluding hydrogens is 476 g/mol. The van der Waals surface area contributed by atoms with Gasteiger partial charge in [0.1, 0.15) is 6.04 Å². The number of nitrogens with one attached hydrogen (secondary N) is 1. The van der Waals surface area contributed by atoms with Crippen LogP contribution in [-0.2, 0) is 28.3 Å². The Kier molecular flexibility index (Phi) is 10.7. The molecule has 6 heteroatoms. The number of hydrogen-bond acceptors (Lipinski definition) is 3. The van der Waals surface area contributed by atoms with Gasteiger partial charge in [0.25, 0.3) is 0 Å². The molecule has 3 aromatic carbocycles. The highest BCUT2D eigenvalue weighted by Crippen LogP contribution is 2.21. The zero-order chi connectivity index (χ0) is 25.0. The number of amides is 2. The molecule has 1 atom stereocenters. The lowest BCUT2D eigenvalue weighted by molar-refractivity contribution is -0.139. The van der Waals surface area contributed by atoms with Crippen LogP contribution >= 0.6 is 23.4 Å². The van der Waals surface area contributed by atoms with Crippen molar-refractivity contribution in [2.75, 3.05) is 12.3 Å². The van der Waals surface area contributed by atoms with Gasteiger partial charge in [0.15, 0.2) is 0 Å². The van der Waals surface area contributed by atoms with Gasteiger partial charge in [0, 0.05) is 30.3 Å². The van der Waals surface area contributed by atoms with E-state index in [1.807, 2.05) is 73.7 Å². The van der Waals surface area contributed by atoms with Crippen molar-refractivity contribution < 1.29 is 9.59 Å². The number of carbonyl (C=O) groups excluding carboxylic acids is 2. The monoisotopic (exact) mass is 508 g/mol. The van der Waals surface area contributed by atoms with Crippen LogP contribution in [0.3, 0.4) is 0 Å². The van der Waals surface area contributed by atoms with E-state index in [2.05, 4.69) is 24.4 Å². The molecule has 1 unspecified atom stereocenters. The molecule has 1 N–H and O–H groups in total. The fraction of sp³-hybridized carbons (Fsp3) is 0.310. The molecular formula is C29H33ClN2O2S. The van der Waals surface area contributed by atoms with Crippen molar-refractivity contribution in [3.63, 3.8) is 0 Å². The first-order valence-corrected chi connectivity index (χ1v) is 13.5. The maximum Gasteiger partial charge on any atom is 0.243 e. The SMILES string of the molecule is CCCNC(=O)C(Cc1ccccc1)N(Cc1cccc(Cl)c1)C(=O)CSCc1ccccc1C. The van der Waals surface area contributed by atoms with Gasteiger partial charge < -0.3 is 10.2 Å². The number of halogens is 1. The Morgan fingerprint density at radius 2 is 1.69 bits per heavy atom. The number of aryl methyl sites for hydroxylation is 1. The van der Waals surface area contributed by atoms with E-state index in [4.69, 9.17) is 11.6 Å². The lowest BCUT2D eigenvalue weighted by Crippen LogP contribution is -2.51. The van der Waals surface area contributed by atoms with Gasteiger partial charge >= 0.3 is 0 Å². The van der Waals surface area contributed by atoms with Crippen molar-refractivity contribution in [3.05, 3.63) is 106 Å². The van der Waals surface area contributed by atoms with Gasteiger partial charge in [0.05, 0.1) is 5.75 Å². The van der Waals surface area contributed by atoms with E-state index in [0.717, 1.165) is 23.3 Å². The highest BCUT2D eigenvalue weighted by molar-refractivity contribution is 7.99. The van der Waals surface area contributed by atoms with Crippen molar-refractivity contribution in [2.24, 2.45) is 0 Å². The molecule has 3 rings (SSSR count). The van der Waals surface area contributed by atoms with Crippen LogP contribution in [0.25, 0.3) is 0 Å². The topological polar surface area (TPSA) is 49.4 Å². The van der Waals surface area contributed by atoms with Gasteiger partial charge in [-0.2, -0.15) is 0 Å². The van der Waals surface area contributed by atoms with E-state index in [0.29, 0.717) is 30.3 Å². The number of hydrogen-bond donors (Lipinski definition) is 1. The largest absolute Gasteiger partial charge is 0.354 e. The quantitative estimate of drug-likeness (QED) is 0.324. The summed E-state index contributed by atoms with van der Waals surface area (Å²) >= 11 is 7.80. The van der Waals surface area contributed by atoms with E-state index in [-0.39, 0.29) is 11.8 Å². The highest BCUT2D eigenvalue weighted by atomic mass is 35.5. The van der Waals surface area contributed by atoms with Gasteiger partial charge in [-0.3, -0.25) is 9.59 Å². The van der Waals surface area contributed by atoms with Crippen LogP contribution in [0.5, 0.6) is 0 Å². The average Bonchev–Trinajstić information content (AvgIpc) is 2.86. The van der Waals surface area contributed by atoms with Crippen LogP contribution in [0.4, 0.5) is 0 Å². The number of nitrogens with zero attached hydrogens (tertiary/aromatic N) is 1. The second-order valence-corrected chi connectivity index (χ2v) is 9.99. The first kappa shape index (κ1) is 26.8. The van der Waals surface area contributed by atoms with E-state index in [9.17, 15) is 9.59 Å². The van der Waals surface area contributed by atoms with E-state index < -0.39 is 6.04 Å². The van der Waals surface area contributed by atoms with Crippen LogP contribution in [0.1, 0.15) is 35.6 Å². The summed E-state index contributed by atoms with van der Waals surface area (Å²) in [5.41, 5.74) is 4.34. The fourth-order valence-corrected chi connectivity index (χ4v) is 5.05. The molecule has 35 heavy (non-hydrogen) atoms. The second kappa shape index (κ2) is 14.0. The molecule has 0 bridgehead atoms. The normalized spacial score (nSPS) is 11.6. The Labute approximate surface area is 218 Å². The number of rotatable bonds is 12. The third kappa shape index (κ3) is 8.44. The molecule has 0 heterocycles. The third-order valence-electron chi connectivity index (χ3n) is 5.81. The number of thioether (sulfide) groups is 1. The molecule has 3 aromatic rings. The molecule has 0 radical (unpaired) electrons. The summed E-state index contributed by atoms with van der Waals surface area (Å²) in [5, 5.41) is 3.62. The Morgan fingerprint density at radius 3 is 2.40 bits per heavy atom. The summed E-state index contributed by atoms with van der Waals surface area (Å²) in [7, 11) is 0. The Hall–Kier alpha value is -2.76. The maximum absolute atomic E-state index is 13.6. The third-order valence-corrected chi connectivity index (χ3v) is 7.01. The Bertz CT molecular complexity index is 1110. The van der Waals surface area contributed by atoms with E-state index in [1.54, 1.807) is 16.7 Å². The minimum absolute atomic E-state index is 0.0591. The predicted octanol–water partition coefficient (Wildman–Crippen LogP) is 6.05. The summed E-state index contributed by atoms with van der Waals surface area (Å²) in [6, 6.07) is 24.9. The highest BCUT2D eigenvalue weighted by Gasteiger charge is 2.30. The molecule has 0 aliphatic heterocycles. The molecule has 4 nitrogen and oxygen atoms in total. The lowest BCUT2D eigenvalue weighted by Gasteiger charge is -2.31. The van der Waals surface area contributed by atoms with Crippen LogP contribution in [-0.4, -0.2) is 35.1 Å². The van der Waals surface area contributed by atoms with Crippen LogP contribution < -0.4 is 5.32 Å². The standard InChI is InChI=1S/C29H33ClN2O2S/c1-3-16-31-29(34)27(18-23-11-5-4-6-12-23)32(19-24-13-9-15-26(30)17-24)28(33)21-35-20-25-14-8-7-10-22(25)2/h4-15,17,27H,3,16,18-21H2,1-2H3,(H,31,34). The van der Waals surface area contributed by atoms with Crippen molar-refractivity contribution in [3.8, 4) is 0 Å². The Balaban J connectivity index is 1.84. The number of carbonyl (C=O) groups is 2. The minimum Gasteiger partial charge on any atom is -0.354 e. The van der Waals surface area contributed by atoms with Crippen LogP contribution in [0.2, 0.25) is 5.02 Å². The summed E-state index contributed by atoms with van der Waals surface area (Å²) < 4.78 is 0. The Morgan fingerprint density at radius 1 is 0.971 bits per heavy atom. The van der Waals surface area contributed by atoms with Gasteiger partial charge in [-0.05, 0) is 47.7 Å². The van der Waals surface area contributed by atoms with Crippen LogP contribution in [0, 0.1) is 6.92 Å². The van der Waals surface area contributed by atoms with Crippen molar-refractivity contribution >= 4 is 35.2 Å². The lowest BCUT2D eigenvalue weighted by atomic mass is 10.0. The molecule has 184 valence electrons. The van der Waals surface area contributed by atoms with E-state index in [1.165, 1.54) is 11.1 Å². The molecule has 0 saturated carbocycles. The van der Waals surface area contributed by atoms with Gasteiger partial charge in [0.2, 0.25) is 11.8 Å².